The van der Waals surface area contributed by atoms with E-state index >= 15 is 0 Å². The van der Waals surface area contributed by atoms with Gasteiger partial charge in [-0.2, -0.15) is 0 Å². The van der Waals surface area contributed by atoms with Crippen LogP contribution in [0.15, 0.2) is 60.7 Å². The fraction of sp³-hybridized carbons (Fsp3) is 0.273. The van der Waals surface area contributed by atoms with Crippen molar-refractivity contribution in [2.24, 2.45) is 0 Å². The van der Waals surface area contributed by atoms with Crippen molar-refractivity contribution in [2.45, 2.75) is 38.3 Å². The van der Waals surface area contributed by atoms with E-state index in [9.17, 15) is 9.59 Å². The SMILES string of the molecule is C[C@H](OC(=O)/C=C/c1ccccc1)C(=O)N[C@H]1CCCc2ccccc21. The normalized spacial score (nSPS) is 17.3. The lowest BCUT2D eigenvalue weighted by molar-refractivity contribution is -0.150. The molecule has 1 amide bonds. The minimum absolute atomic E-state index is 0.0199. The molecular weight excluding hydrogens is 326 g/mol. The molecule has 2 aromatic carbocycles. The molecule has 4 nitrogen and oxygen atoms in total. The van der Waals surface area contributed by atoms with Gasteiger partial charge in [0.05, 0.1) is 6.04 Å². The third kappa shape index (κ3) is 4.60. The molecule has 0 aromatic heterocycles. The monoisotopic (exact) mass is 349 g/mol. The predicted molar refractivity (Wildman–Crippen MR) is 101 cm³/mol. The largest absolute Gasteiger partial charge is 0.449 e. The number of rotatable bonds is 5. The smallest absolute Gasteiger partial charge is 0.331 e. The summed E-state index contributed by atoms with van der Waals surface area (Å²) >= 11 is 0. The van der Waals surface area contributed by atoms with Crippen LogP contribution in [0.2, 0.25) is 0 Å². The molecule has 134 valence electrons. The van der Waals surface area contributed by atoms with Gasteiger partial charge in [-0.3, -0.25) is 4.79 Å². The Bertz CT molecular complexity index is 798. The fourth-order valence-corrected chi connectivity index (χ4v) is 3.19. The van der Waals surface area contributed by atoms with Gasteiger partial charge in [0.25, 0.3) is 5.91 Å². The van der Waals surface area contributed by atoms with Crippen LogP contribution in [0.4, 0.5) is 0 Å². The van der Waals surface area contributed by atoms with Gasteiger partial charge >= 0.3 is 5.97 Å². The highest BCUT2D eigenvalue weighted by Crippen LogP contribution is 2.29. The first-order valence-electron chi connectivity index (χ1n) is 8.95. The number of amides is 1. The van der Waals surface area contributed by atoms with Gasteiger partial charge in [0, 0.05) is 6.08 Å². The van der Waals surface area contributed by atoms with Crippen LogP contribution < -0.4 is 5.32 Å². The van der Waals surface area contributed by atoms with Crippen LogP contribution in [0.25, 0.3) is 6.08 Å². The van der Waals surface area contributed by atoms with Gasteiger partial charge in [-0.1, -0.05) is 54.6 Å². The molecule has 2 aromatic rings. The maximum atomic E-state index is 12.4. The minimum atomic E-state index is -0.836. The Morgan fingerprint density at radius 1 is 1.12 bits per heavy atom. The Morgan fingerprint density at radius 2 is 1.85 bits per heavy atom. The zero-order chi connectivity index (χ0) is 18.4. The summed E-state index contributed by atoms with van der Waals surface area (Å²) in [7, 11) is 0. The summed E-state index contributed by atoms with van der Waals surface area (Å²) < 4.78 is 5.23. The van der Waals surface area contributed by atoms with Crippen molar-refractivity contribution in [1.82, 2.24) is 5.32 Å². The summed E-state index contributed by atoms with van der Waals surface area (Å²) in [6, 6.07) is 17.6. The molecule has 26 heavy (non-hydrogen) atoms. The van der Waals surface area contributed by atoms with Crippen molar-refractivity contribution < 1.29 is 14.3 Å². The molecule has 1 aliphatic rings. The summed E-state index contributed by atoms with van der Waals surface area (Å²) in [5, 5.41) is 3.01. The summed E-state index contributed by atoms with van der Waals surface area (Å²) in [5.74, 6) is -0.797. The van der Waals surface area contributed by atoms with Gasteiger partial charge in [-0.25, -0.2) is 4.79 Å². The van der Waals surface area contributed by atoms with E-state index in [1.54, 1.807) is 13.0 Å². The second kappa shape index (κ2) is 8.48. The molecule has 0 unspecified atom stereocenters. The number of ether oxygens (including phenoxy) is 1. The summed E-state index contributed by atoms with van der Waals surface area (Å²) in [5.41, 5.74) is 3.34. The average Bonchev–Trinajstić information content (AvgIpc) is 2.67. The van der Waals surface area contributed by atoms with Crippen LogP contribution in [0.3, 0.4) is 0 Å². The highest BCUT2D eigenvalue weighted by atomic mass is 16.5. The van der Waals surface area contributed by atoms with E-state index in [-0.39, 0.29) is 11.9 Å². The number of hydrogen-bond acceptors (Lipinski definition) is 3. The molecule has 3 rings (SSSR count). The van der Waals surface area contributed by atoms with Crippen molar-refractivity contribution in [3.63, 3.8) is 0 Å². The predicted octanol–water partition coefficient (Wildman–Crippen LogP) is 3.83. The molecule has 0 heterocycles. The van der Waals surface area contributed by atoms with Crippen molar-refractivity contribution in [3.05, 3.63) is 77.4 Å². The first-order chi connectivity index (χ1) is 12.6. The van der Waals surface area contributed by atoms with Gasteiger partial charge in [0.15, 0.2) is 6.10 Å². The number of hydrogen-bond donors (Lipinski definition) is 1. The Hall–Kier alpha value is -2.88. The standard InChI is InChI=1S/C22H23NO3/c1-16(26-21(24)15-14-17-8-3-2-4-9-17)22(25)23-20-13-7-11-18-10-5-6-12-19(18)20/h2-6,8-10,12,14-16,20H,7,11,13H2,1H3,(H,23,25)/b15-14+/t16-,20-/m0/s1. The lowest BCUT2D eigenvalue weighted by atomic mass is 9.87. The highest BCUT2D eigenvalue weighted by Gasteiger charge is 2.24. The van der Waals surface area contributed by atoms with Crippen LogP contribution in [-0.2, 0) is 20.7 Å². The van der Waals surface area contributed by atoms with E-state index in [0.29, 0.717) is 0 Å². The molecule has 0 spiro atoms. The zero-order valence-corrected chi connectivity index (χ0v) is 14.9. The molecule has 0 fully saturated rings. The lowest BCUT2D eigenvalue weighted by Crippen LogP contribution is -2.39. The van der Waals surface area contributed by atoms with Crippen molar-refractivity contribution in [2.75, 3.05) is 0 Å². The van der Waals surface area contributed by atoms with E-state index in [1.165, 1.54) is 11.6 Å². The van der Waals surface area contributed by atoms with Crippen molar-refractivity contribution >= 4 is 18.0 Å². The molecule has 0 saturated carbocycles. The van der Waals surface area contributed by atoms with E-state index in [4.69, 9.17) is 4.74 Å². The number of fused-ring (bicyclic) bond motifs is 1. The van der Waals surface area contributed by atoms with Gasteiger partial charge in [-0.15, -0.1) is 0 Å². The van der Waals surface area contributed by atoms with Gasteiger partial charge < -0.3 is 10.1 Å². The maximum Gasteiger partial charge on any atom is 0.331 e. The molecule has 0 saturated heterocycles. The van der Waals surface area contributed by atoms with E-state index in [0.717, 1.165) is 30.4 Å². The van der Waals surface area contributed by atoms with Crippen molar-refractivity contribution in [1.29, 1.82) is 0 Å². The van der Waals surface area contributed by atoms with E-state index in [1.807, 2.05) is 42.5 Å². The van der Waals surface area contributed by atoms with Crippen LogP contribution in [0.5, 0.6) is 0 Å². The molecule has 2 atom stereocenters. The first kappa shape index (κ1) is 17.9. The quantitative estimate of drug-likeness (QED) is 0.659. The molecule has 1 aliphatic carbocycles. The number of aryl methyl sites for hydroxylation is 1. The summed E-state index contributed by atoms with van der Waals surface area (Å²) in [4.78, 5) is 24.4. The highest BCUT2D eigenvalue weighted by molar-refractivity contribution is 5.90. The molecule has 0 bridgehead atoms. The van der Waals surface area contributed by atoms with E-state index in [2.05, 4.69) is 17.4 Å². The lowest BCUT2D eigenvalue weighted by Gasteiger charge is -2.27. The third-order valence-corrected chi connectivity index (χ3v) is 4.56. The minimum Gasteiger partial charge on any atom is -0.449 e. The third-order valence-electron chi connectivity index (χ3n) is 4.56. The van der Waals surface area contributed by atoms with Crippen LogP contribution >= 0.6 is 0 Å². The topological polar surface area (TPSA) is 55.4 Å². The fourth-order valence-electron chi connectivity index (χ4n) is 3.19. The Kier molecular flexibility index (Phi) is 5.84. The van der Waals surface area contributed by atoms with Crippen molar-refractivity contribution in [3.8, 4) is 0 Å². The van der Waals surface area contributed by atoms with Gasteiger partial charge in [0.2, 0.25) is 0 Å². The Labute approximate surface area is 153 Å². The number of carbonyl (C=O) groups excluding carboxylic acids is 2. The van der Waals surface area contributed by atoms with Crippen LogP contribution in [0.1, 0.15) is 42.5 Å². The summed E-state index contributed by atoms with van der Waals surface area (Å²) in [6.07, 6.45) is 5.15. The Morgan fingerprint density at radius 3 is 2.65 bits per heavy atom. The first-order valence-corrected chi connectivity index (χ1v) is 8.95. The second-order valence-corrected chi connectivity index (χ2v) is 6.48. The van der Waals surface area contributed by atoms with Gasteiger partial charge in [-0.05, 0) is 49.0 Å². The second-order valence-electron chi connectivity index (χ2n) is 6.48. The molecule has 4 heteroatoms. The zero-order valence-electron chi connectivity index (χ0n) is 14.9. The molecule has 0 radical (unpaired) electrons. The van der Waals surface area contributed by atoms with Crippen LogP contribution in [0, 0.1) is 0 Å². The molecule has 0 aliphatic heterocycles. The average molecular weight is 349 g/mol. The van der Waals surface area contributed by atoms with E-state index < -0.39 is 12.1 Å². The number of nitrogens with one attached hydrogen (secondary N) is 1. The maximum absolute atomic E-state index is 12.4. The van der Waals surface area contributed by atoms with Gasteiger partial charge in [0.1, 0.15) is 0 Å². The van der Waals surface area contributed by atoms with Crippen LogP contribution in [-0.4, -0.2) is 18.0 Å². The molecule has 1 N–H and O–H groups in total. The molecular formula is C22H23NO3. The summed E-state index contributed by atoms with van der Waals surface area (Å²) in [6.45, 7) is 1.60. The Balaban J connectivity index is 1.55. The number of esters is 1. The number of carbonyl (C=O) groups is 2. The number of benzene rings is 2.